The Hall–Kier alpha value is -2.43. The standard InChI is InChI=1S/C14H14N2O3/c1-8(2)15-14(19)16-11-7-12(17)9-5-3-4-6-10(9)13(11)18/h3-8H,1-2H3,(H2,15,16,19). The molecule has 0 radical (unpaired) electrons. The van der Waals surface area contributed by atoms with E-state index in [2.05, 4.69) is 10.6 Å². The van der Waals surface area contributed by atoms with Crippen LogP contribution in [0.25, 0.3) is 0 Å². The van der Waals surface area contributed by atoms with Crippen LogP contribution in [0.15, 0.2) is 36.0 Å². The van der Waals surface area contributed by atoms with Crippen LogP contribution in [0.2, 0.25) is 0 Å². The first-order valence-corrected chi connectivity index (χ1v) is 5.96. The summed E-state index contributed by atoms with van der Waals surface area (Å²) in [5.41, 5.74) is 0.680. The highest BCUT2D eigenvalue weighted by molar-refractivity contribution is 6.25. The number of carbonyl (C=O) groups excluding carboxylic acids is 3. The number of hydrogen-bond donors (Lipinski definition) is 2. The van der Waals surface area contributed by atoms with E-state index in [-0.39, 0.29) is 23.3 Å². The Bertz CT molecular complexity index is 588. The second-order valence-corrected chi connectivity index (χ2v) is 4.55. The quantitative estimate of drug-likeness (QED) is 0.847. The van der Waals surface area contributed by atoms with Crippen LogP contribution in [0.4, 0.5) is 4.79 Å². The van der Waals surface area contributed by atoms with Gasteiger partial charge in [0.25, 0.3) is 0 Å². The van der Waals surface area contributed by atoms with E-state index in [1.807, 2.05) is 0 Å². The summed E-state index contributed by atoms with van der Waals surface area (Å²) < 4.78 is 0. The highest BCUT2D eigenvalue weighted by Crippen LogP contribution is 2.19. The minimum absolute atomic E-state index is 0.00171. The third-order valence-electron chi connectivity index (χ3n) is 2.63. The van der Waals surface area contributed by atoms with Crippen molar-refractivity contribution in [1.29, 1.82) is 0 Å². The van der Waals surface area contributed by atoms with Gasteiger partial charge in [0.1, 0.15) is 0 Å². The van der Waals surface area contributed by atoms with E-state index in [0.29, 0.717) is 11.1 Å². The molecule has 0 aromatic heterocycles. The van der Waals surface area contributed by atoms with Crippen LogP contribution < -0.4 is 10.6 Å². The summed E-state index contributed by atoms with van der Waals surface area (Å²) in [7, 11) is 0. The molecule has 5 heteroatoms. The Labute approximate surface area is 110 Å². The Morgan fingerprint density at radius 2 is 1.74 bits per heavy atom. The van der Waals surface area contributed by atoms with Gasteiger partial charge in [0.2, 0.25) is 5.78 Å². The first-order valence-electron chi connectivity index (χ1n) is 5.96. The van der Waals surface area contributed by atoms with Crippen molar-refractivity contribution in [3.8, 4) is 0 Å². The molecule has 2 N–H and O–H groups in total. The maximum absolute atomic E-state index is 12.1. The Kier molecular flexibility index (Phi) is 3.46. The summed E-state index contributed by atoms with van der Waals surface area (Å²) in [6, 6.07) is 5.99. The lowest BCUT2D eigenvalue weighted by atomic mass is 9.93. The van der Waals surface area contributed by atoms with Crippen LogP contribution in [-0.2, 0) is 0 Å². The topological polar surface area (TPSA) is 75.3 Å². The fourth-order valence-corrected chi connectivity index (χ4v) is 1.83. The van der Waals surface area contributed by atoms with Crippen LogP contribution in [0.3, 0.4) is 0 Å². The minimum atomic E-state index is -0.498. The molecule has 0 heterocycles. The van der Waals surface area contributed by atoms with E-state index in [9.17, 15) is 14.4 Å². The van der Waals surface area contributed by atoms with E-state index in [0.717, 1.165) is 6.08 Å². The largest absolute Gasteiger partial charge is 0.336 e. The number of nitrogens with one attached hydrogen (secondary N) is 2. The molecule has 5 nitrogen and oxygen atoms in total. The number of allylic oxidation sites excluding steroid dienone is 2. The van der Waals surface area contributed by atoms with Crippen LogP contribution >= 0.6 is 0 Å². The maximum atomic E-state index is 12.1. The third kappa shape index (κ3) is 2.70. The monoisotopic (exact) mass is 258 g/mol. The van der Waals surface area contributed by atoms with Gasteiger partial charge in [-0.3, -0.25) is 9.59 Å². The first-order chi connectivity index (χ1) is 8.99. The van der Waals surface area contributed by atoms with Crippen molar-refractivity contribution in [2.24, 2.45) is 0 Å². The molecule has 98 valence electrons. The smallest absolute Gasteiger partial charge is 0.319 e. The van der Waals surface area contributed by atoms with E-state index in [4.69, 9.17) is 0 Å². The van der Waals surface area contributed by atoms with Crippen molar-refractivity contribution >= 4 is 17.6 Å². The molecule has 1 aliphatic carbocycles. The zero-order valence-electron chi connectivity index (χ0n) is 10.7. The van der Waals surface area contributed by atoms with Gasteiger partial charge < -0.3 is 10.6 Å². The number of Topliss-reactive ketones (excluding diaryl/α,β-unsaturated/α-hetero) is 1. The van der Waals surface area contributed by atoms with Crippen molar-refractivity contribution < 1.29 is 14.4 Å². The molecule has 0 bridgehead atoms. The molecule has 1 aromatic rings. The van der Waals surface area contributed by atoms with Crippen molar-refractivity contribution in [3.63, 3.8) is 0 Å². The van der Waals surface area contributed by atoms with Gasteiger partial charge in [-0.1, -0.05) is 24.3 Å². The third-order valence-corrected chi connectivity index (χ3v) is 2.63. The number of ketones is 2. The predicted molar refractivity (Wildman–Crippen MR) is 70.0 cm³/mol. The van der Waals surface area contributed by atoms with Gasteiger partial charge in [0.05, 0.1) is 5.70 Å². The molecular formula is C14H14N2O3. The zero-order chi connectivity index (χ0) is 14.0. The van der Waals surface area contributed by atoms with Crippen LogP contribution in [0.5, 0.6) is 0 Å². The highest BCUT2D eigenvalue weighted by atomic mass is 16.2. The second kappa shape index (κ2) is 5.06. The fourth-order valence-electron chi connectivity index (χ4n) is 1.83. The number of benzene rings is 1. The highest BCUT2D eigenvalue weighted by Gasteiger charge is 2.26. The second-order valence-electron chi connectivity index (χ2n) is 4.55. The molecule has 1 aromatic carbocycles. The van der Waals surface area contributed by atoms with Crippen molar-refractivity contribution in [1.82, 2.24) is 10.6 Å². The van der Waals surface area contributed by atoms with Gasteiger partial charge in [0, 0.05) is 23.2 Å². The van der Waals surface area contributed by atoms with Gasteiger partial charge in [0.15, 0.2) is 5.78 Å². The Balaban J connectivity index is 2.23. The van der Waals surface area contributed by atoms with Crippen LogP contribution in [-0.4, -0.2) is 23.6 Å². The normalized spacial score (nSPS) is 13.9. The Morgan fingerprint density at radius 1 is 1.11 bits per heavy atom. The lowest BCUT2D eigenvalue weighted by molar-refractivity contribution is 0.0979. The van der Waals surface area contributed by atoms with Crippen LogP contribution in [0, 0.1) is 0 Å². The molecule has 0 aliphatic heterocycles. The zero-order valence-corrected chi connectivity index (χ0v) is 10.7. The molecule has 19 heavy (non-hydrogen) atoms. The Morgan fingerprint density at radius 3 is 2.37 bits per heavy atom. The van der Waals surface area contributed by atoms with Crippen molar-refractivity contribution in [2.45, 2.75) is 19.9 Å². The molecule has 0 saturated carbocycles. The molecule has 2 amide bonds. The number of rotatable bonds is 2. The number of hydrogen-bond acceptors (Lipinski definition) is 3. The van der Waals surface area contributed by atoms with Crippen LogP contribution in [0.1, 0.15) is 34.6 Å². The van der Waals surface area contributed by atoms with Gasteiger partial charge >= 0.3 is 6.03 Å². The van der Waals surface area contributed by atoms with E-state index in [1.54, 1.807) is 38.1 Å². The molecule has 1 aliphatic rings. The lowest BCUT2D eigenvalue weighted by Crippen LogP contribution is -2.41. The van der Waals surface area contributed by atoms with Gasteiger partial charge in [-0.05, 0) is 13.8 Å². The van der Waals surface area contributed by atoms with E-state index >= 15 is 0 Å². The van der Waals surface area contributed by atoms with Gasteiger partial charge in [-0.25, -0.2) is 4.79 Å². The molecule has 2 rings (SSSR count). The van der Waals surface area contributed by atoms with E-state index < -0.39 is 6.03 Å². The summed E-state index contributed by atoms with van der Waals surface area (Å²) in [5.74, 6) is -0.635. The van der Waals surface area contributed by atoms with Gasteiger partial charge in [-0.2, -0.15) is 0 Å². The minimum Gasteiger partial charge on any atom is -0.336 e. The fraction of sp³-hybridized carbons (Fsp3) is 0.214. The van der Waals surface area contributed by atoms with E-state index in [1.165, 1.54) is 0 Å². The average molecular weight is 258 g/mol. The number of urea groups is 1. The summed E-state index contributed by atoms with van der Waals surface area (Å²) in [5, 5.41) is 5.01. The first kappa shape index (κ1) is 13.0. The summed E-state index contributed by atoms with van der Waals surface area (Å²) in [6.45, 7) is 3.61. The molecule has 0 spiro atoms. The molecule has 0 unspecified atom stereocenters. The van der Waals surface area contributed by atoms with Crippen molar-refractivity contribution in [2.75, 3.05) is 0 Å². The SMILES string of the molecule is CC(C)NC(=O)NC1=CC(=O)c2ccccc2C1=O. The predicted octanol–water partition coefficient (Wildman–Crippen LogP) is 1.66. The number of amides is 2. The molecular weight excluding hydrogens is 244 g/mol. The summed E-state index contributed by atoms with van der Waals surface area (Å²) in [4.78, 5) is 35.5. The summed E-state index contributed by atoms with van der Waals surface area (Å²) in [6.07, 6.45) is 1.16. The van der Waals surface area contributed by atoms with Gasteiger partial charge in [-0.15, -0.1) is 0 Å². The lowest BCUT2D eigenvalue weighted by Gasteiger charge is -2.16. The number of carbonyl (C=O) groups is 3. The number of fused-ring (bicyclic) bond motifs is 1. The average Bonchev–Trinajstić information content (AvgIpc) is 2.34. The molecule has 0 saturated heterocycles. The molecule has 0 fully saturated rings. The summed E-state index contributed by atoms with van der Waals surface area (Å²) >= 11 is 0. The molecule has 0 atom stereocenters. The maximum Gasteiger partial charge on any atom is 0.319 e. The van der Waals surface area contributed by atoms with Crippen molar-refractivity contribution in [3.05, 3.63) is 47.2 Å².